The van der Waals surface area contributed by atoms with Crippen LogP contribution in [-0.2, 0) is 14.8 Å². The Kier molecular flexibility index (Phi) is 5.90. The maximum absolute atomic E-state index is 13.2. The fraction of sp³-hybridized carbons (Fsp3) is 0.455. The van der Waals surface area contributed by atoms with E-state index in [1.165, 1.54) is 23.4 Å². The monoisotopic (exact) mass is 445 g/mol. The molecule has 0 N–H and O–H groups in total. The van der Waals surface area contributed by atoms with Crippen molar-refractivity contribution in [1.82, 2.24) is 14.1 Å². The Morgan fingerprint density at radius 3 is 2.23 bits per heavy atom. The Balaban J connectivity index is 1.49. The van der Waals surface area contributed by atoms with Crippen molar-refractivity contribution in [2.75, 3.05) is 26.2 Å². The van der Waals surface area contributed by atoms with E-state index in [-0.39, 0.29) is 41.9 Å². The van der Waals surface area contributed by atoms with E-state index in [2.05, 4.69) is 0 Å². The third kappa shape index (κ3) is 4.38. The fourth-order valence-corrected chi connectivity index (χ4v) is 5.41. The quantitative estimate of drug-likeness (QED) is 0.681. The molecule has 2 aromatic rings. The molecule has 1 saturated heterocycles. The molecule has 1 aliphatic carbocycles. The molecule has 8 nitrogen and oxygen atoms in total. The van der Waals surface area contributed by atoms with Crippen LogP contribution in [0, 0.1) is 0 Å². The molecule has 1 saturated carbocycles. The van der Waals surface area contributed by atoms with Crippen LogP contribution in [0.1, 0.15) is 48.8 Å². The van der Waals surface area contributed by atoms with Crippen molar-refractivity contribution in [3.63, 3.8) is 0 Å². The summed E-state index contributed by atoms with van der Waals surface area (Å²) in [4.78, 5) is 28.3. The number of hydrogen-bond donors (Lipinski definition) is 0. The summed E-state index contributed by atoms with van der Waals surface area (Å²) in [5, 5.41) is 0. The molecular formula is C22H27N3O5S. The molecule has 9 heteroatoms. The predicted octanol–water partition coefficient (Wildman–Crippen LogP) is 2.50. The minimum Gasteiger partial charge on any atom is -0.467 e. The number of rotatable bonds is 6. The van der Waals surface area contributed by atoms with E-state index in [1.54, 1.807) is 29.4 Å². The van der Waals surface area contributed by atoms with Gasteiger partial charge in [-0.1, -0.05) is 0 Å². The summed E-state index contributed by atoms with van der Waals surface area (Å²) in [5.41, 5.74) is 0.450. The van der Waals surface area contributed by atoms with Gasteiger partial charge in [-0.15, -0.1) is 0 Å². The number of piperazine rings is 1. The van der Waals surface area contributed by atoms with Gasteiger partial charge in [0.05, 0.1) is 17.2 Å². The minimum atomic E-state index is -3.67. The standard InChI is InChI=1S/C22H27N3O5S/c1-16(21-4-3-15-30-21)25(19-7-8-19)22(27)18-5-9-20(10-6-18)31(28,29)24-13-11-23(12-14-24)17(2)26/h3-6,9-10,15-16,19H,7-8,11-14H2,1-2H3. The number of carbonyl (C=O) groups excluding carboxylic acids is 2. The predicted molar refractivity (Wildman–Crippen MR) is 114 cm³/mol. The van der Waals surface area contributed by atoms with E-state index >= 15 is 0 Å². The van der Waals surface area contributed by atoms with Crippen molar-refractivity contribution < 1.29 is 22.4 Å². The van der Waals surface area contributed by atoms with Crippen LogP contribution < -0.4 is 0 Å². The largest absolute Gasteiger partial charge is 0.467 e. The van der Waals surface area contributed by atoms with E-state index in [9.17, 15) is 18.0 Å². The first-order valence-electron chi connectivity index (χ1n) is 10.5. The number of nitrogens with zero attached hydrogens (tertiary/aromatic N) is 3. The summed E-state index contributed by atoms with van der Waals surface area (Å²) < 4.78 is 32.8. The number of furan rings is 1. The van der Waals surface area contributed by atoms with Crippen molar-refractivity contribution in [3.8, 4) is 0 Å². The van der Waals surface area contributed by atoms with Crippen molar-refractivity contribution in [1.29, 1.82) is 0 Å². The third-order valence-electron chi connectivity index (χ3n) is 5.97. The van der Waals surface area contributed by atoms with E-state index in [0.29, 0.717) is 18.7 Å². The summed E-state index contributed by atoms with van der Waals surface area (Å²) in [5.74, 6) is 0.540. The van der Waals surface area contributed by atoms with Gasteiger partial charge >= 0.3 is 0 Å². The number of sulfonamides is 1. The molecule has 2 aliphatic rings. The topological polar surface area (TPSA) is 91.1 Å². The molecule has 4 rings (SSSR count). The molecule has 1 aromatic carbocycles. The van der Waals surface area contributed by atoms with E-state index < -0.39 is 10.0 Å². The maximum atomic E-state index is 13.2. The van der Waals surface area contributed by atoms with E-state index in [1.807, 2.05) is 17.9 Å². The van der Waals surface area contributed by atoms with Gasteiger partial charge in [0.1, 0.15) is 5.76 Å². The Bertz CT molecular complexity index is 1040. The van der Waals surface area contributed by atoms with E-state index in [4.69, 9.17) is 4.42 Å². The number of amides is 2. The lowest BCUT2D eigenvalue weighted by molar-refractivity contribution is -0.129. The first kappa shape index (κ1) is 21.6. The van der Waals surface area contributed by atoms with Crippen LogP contribution in [0.4, 0.5) is 0 Å². The lowest BCUT2D eigenvalue weighted by Gasteiger charge is -2.33. The average Bonchev–Trinajstić information content (AvgIpc) is 3.44. The van der Waals surface area contributed by atoms with Crippen molar-refractivity contribution in [2.45, 2.75) is 43.7 Å². The lowest BCUT2D eigenvalue weighted by Crippen LogP contribution is -2.49. The van der Waals surface area contributed by atoms with Gasteiger partial charge in [-0.05, 0) is 56.2 Å². The summed E-state index contributed by atoms with van der Waals surface area (Å²) in [7, 11) is -3.67. The van der Waals surface area contributed by atoms with Crippen LogP contribution in [0.25, 0.3) is 0 Å². The van der Waals surface area contributed by atoms with Gasteiger partial charge in [0, 0.05) is 44.7 Å². The van der Waals surface area contributed by atoms with Crippen LogP contribution >= 0.6 is 0 Å². The summed E-state index contributed by atoms with van der Waals surface area (Å²) in [6.45, 7) is 4.71. The van der Waals surface area contributed by atoms with Gasteiger partial charge in [-0.3, -0.25) is 9.59 Å². The molecule has 1 atom stereocenters. The highest BCUT2D eigenvalue weighted by atomic mass is 32.2. The summed E-state index contributed by atoms with van der Waals surface area (Å²) in [6.07, 6.45) is 3.50. The molecule has 1 aliphatic heterocycles. The molecule has 1 unspecified atom stereocenters. The molecule has 31 heavy (non-hydrogen) atoms. The van der Waals surface area contributed by atoms with E-state index in [0.717, 1.165) is 18.6 Å². The van der Waals surface area contributed by atoms with Gasteiger partial charge in [0.25, 0.3) is 5.91 Å². The molecule has 2 amide bonds. The molecular weight excluding hydrogens is 418 g/mol. The summed E-state index contributed by atoms with van der Waals surface area (Å²) in [6, 6.07) is 9.76. The number of carbonyl (C=O) groups is 2. The molecule has 2 heterocycles. The minimum absolute atomic E-state index is 0.0519. The van der Waals surface area contributed by atoms with Crippen molar-refractivity contribution in [3.05, 3.63) is 54.0 Å². The smallest absolute Gasteiger partial charge is 0.254 e. The normalized spacial score (nSPS) is 18.6. The molecule has 1 aromatic heterocycles. The van der Waals surface area contributed by atoms with Gasteiger partial charge < -0.3 is 14.2 Å². The lowest BCUT2D eigenvalue weighted by atomic mass is 10.1. The van der Waals surface area contributed by atoms with Crippen molar-refractivity contribution in [2.24, 2.45) is 0 Å². The Morgan fingerprint density at radius 2 is 1.71 bits per heavy atom. The summed E-state index contributed by atoms with van der Waals surface area (Å²) >= 11 is 0. The second-order valence-corrected chi connectivity index (χ2v) is 10.0. The van der Waals surface area contributed by atoms with Crippen LogP contribution in [0.3, 0.4) is 0 Å². The van der Waals surface area contributed by atoms with Gasteiger partial charge in [0.15, 0.2) is 0 Å². The average molecular weight is 446 g/mol. The zero-order valence-corrected chi connectivity index (χ0v) is 18.5. The Hall–Kier alpha value is -2.65. The second kappa shape index (κ2) is 8.47. The van der Waals surface area contributed by atoms with Gasteiger partial charge in [-0.2, -0.15) is 4.31 Å². The van der Waals surface area contributed by atoms with Crippen LogP contribution in [0.5, 0.6) is 0 Å². The van der Waals surface area contributed by atoms with Crippen LogP contribution in [0.15, 0.2) is 52.0 Å². The molecule has 0 bridgehead atoms. The highest BCUT2D eigenvalue weighted by Crippen LogP contribution is 2.36. The van der Waals surface area contributed by atoms with Gasteiger partial charge in [0.2, 0.25) is 15.9 Å². The molecule has 2 fully saturated rings. The zero-order chi connectivity index (χ0) is 22.2. The second-order valence-electron chi connectivity index (χ2n) is 8.07. The number of benzene rings is 1. The zero-order valence-electron chi connectivity index (χ0n) is 17.7. The first-order valence-corrected chi connectivity index (χ1v) is 11.9. The maximum Gasteiger partial charge on any atom is 0.254 e. The van der Waals surface area contributed by atoms with Crippen LogP contribution in [0.2, 0.25) is 0 Å². The molecule has 0 radical (unpaired) electrons. The van der Waals surface area contributed by atoms with Crippen molar-refractivity contribution >= 4 is 21.8 Å². The van der Waals surface area contributed by atoms with Gasteiger partial charge in [-0.25, -0.2) is 8.42 Å². The highest BCUT2D eigenvalue weighted by molar-refractivity contribution is 7.89. The molecule has 166 valence electrons. The Morgan fingerprint density at radius 1 is 1.06 bits per heavy atom. The third-order valence-corrected chi connectivity index (χ3v) is 7.88. The SMILES string of the molecule is CC(=O)N1CCN(S(=O)(=O)c2ccc(C(=O)N(C3CC3)C(C)c3ccco3)cc2)CC1. The number of hydrogen-bond acceptors (Lipinski definition) is 5. The first-order chi connectivity index (χ1) is 14.8. The molecule has 0 spiro atoms. The fourth-order valence-electron chi connectivity index (χ4n) is 3.99. The van der Waals surface area contributed by atoms with Crippen LogP contribution in [-0.4, -0.2) is 66.6 Å². The highest BCUT2D eigenvalue weighted by Gasteiger charge is 2.38. The Labute approximate surface area is 182 Å².